The minimum absolute atomic E-state index is 0.0654. The summed E-state index contributed by atoms with van der Waals surface area (Å²) in [5, 5.41) is 2.31. The number of hydrogen-bond acceptors (Lipinski definition) is 2. The molecule has 1 heterocycles. The second-order valence-corrected chi connectivity index (χ2v) is 13.5. The Hall–Kier alpha value is -6.12. The molecule has 8 rings (SSSR count). The van der Waals surface area contributed by atoms with Gasteiger partial charge in [0.25, 0.3) is 0 Å². The molecule has 0 saturated heterocycles. The fourth-order valence-corrected chi connectivity index (χ4v) is 7.51. The van der Waals surface area contributed by atoms with E-state index in [1.165, 1.54) is 49.9 Å². The third-order valence-corrected chi connectivity index (χ3v) is 10.1. The Labute approximate surface area is 294 Å². The van der Waals surface area contributed by atoms with Crippen molar-refractivity contribution in [1.29, 1.82) is 0 Å². The summed E-state index contributed by atoms with van der Waals surface area (Å²) in [6.45, 7) is 10.8. The van der Waals surface area contributed by atoms with Crippen molar-refractivity contribution in [1.82, 2.24) is 9.97 Å². The predicted octanol–water partition coefficient (Wildman–Crippen LogP) is 12.8. The fourth-order valence-electron chi connectivity index (χ4n) is 7.51. The van der Waals surface area contributed by atoms with Crippen LogP contribution in [0.5, 0.6) is 0 Å². The van der Waals surface area contributed by atoms with Gasteiger partial charge < -0.3 is 0 Å². The largest absolute Gasteiger partial charge is 0.228 e. The highest BCUT2D eigenvalue weighted by Gasteiger charge is 2.34. The summed E-state index contributed by atoms with van der Waals surface area (Å²) in [6.07, 6.45) is 6.10. The van der Waals surface area contributed by atoms with Gasteiger partial charge in [-0.3, -0.25) is 0 Å². The number of rotatable bonds is 7. The van der Waals surface area contributed by atoms with Crippen molar-refractivity contribution < 1.29 is 0 Å². The highest BCUT2D eigenvalue weighted by Crippen LogP contribution is 2.48. The lowest BCUT2D eigenvalue weighted by molar-refractivity contribution is 0.654. The van der Waals surface area contributed by atoms with Gasteiger partial charge in [0, 0.05) is 22.1 Å². The molecule has 7 aromatic rings. The van der Waals surface area contributed by atoms with E-state index >= 15 is 0 Å². The zero-order valence-electron chi connectivity index (χ0n) is 28.7. The molecule has 240 valence electrons. The van der Waals surface area contributed by atoms with Gasteiger partial charge in [0.15, 0.2) is 5.82 Å². The Kier molecular flexibility index (Phi) is 7.93. The van der Waals surface area contributed by atoms with Gasteiger partial charge in [-0.25, -0.2) is 9.97 Å². The lowest BCUT2D eigenvalue weighted by Gasteiger charge is -2.23. The molecule has 0 spiro atoms. The first-order valence-corrected chi connectivity index (χ1v) is 17.2. The number of fused-ring (bicyclic) bond motifs is 2. The first-order valence-electron chi connectivity index (χ1n) is 17.2. The van der Waals surface area contributed by atoms with Gasteiger partial charge in [0.05, 0.1) is 11.4 Å². The maximum Gasteiger partial charge on any atom is 0.161 e. The Morgan fingerprint density at radius 3 is 1.70 bits per heavy atom. The highest BCUT2D eigenvalue weighted by molar-refractivity contribution is 6.04. The number of aromatic nitrogens is 2. The van der Waals surface area contributed by atoms with E-state index in [9.17, 15) is 0 Å². The van der Waals surface area contributed by atoms with Crippen molar-refractivity contribution in [2.45, 2.75) is 26.2 Å². The lowest BCUT2D eigenvalue weighted by atomic mass is 9.80. The second kappa shape index (κ2) is 12.7. The maximum atomic E-state index is 5.23. The van der Waals surface area contributed by atoms with E-state index in [-0.39, 0.29) is 5.41 Å². The molecule has 0 fully saturated rings. The van der Waals surface area contributed by atoms with E-state index in [0.717, 1.165) is 33.5 Å². The Morgan fingerprint density at radius 2 is 1.04 bits per heavy atom. The van der Waals surface area contributed by atoms with Gasteiger partial charge in [-0.1, -0.05) is 166 Å². The molecule has 2 nitrogen and oxygen atoms in total. The average molecular weight is 643 g/mol. The number of benzene rings is 6. The normalized spacial score (nSPS) is 13.6. The summed E-state index contributed by atoms with van der Waals surface area (Å²) in [4.78, 5) is 10.4. The van der Waals surface area contributed by atoms with Crippen LogP contribution in [0.3, 0.4) is 0 Å². The Balaban J connectivity index is 1.26. The molecular weight excluding hydrogens is 605 g/mol. The Bertz CT molecular complexity index is 2450. The molecule has 0 saturated carbocycles. The molecule has 1 aliphatic carbocycles. The molecule has 0 bridgehead atoms. The van der Waals surface area contributed by atoms with Crippen LogP contribution >= 0.6 is 0 Å². The third kappa shape index (κ3) is 5.49. The molecular formula is C48H38N2. The molecule has 50 heavy (non-hydrogen) atoms. The maximum absolute atomic E-state index is 5.23. The molecule has 6 aromatic carbocycles. The van der Waals surface area contributed by atoms with Crippen molar-refractivity contribution in [3.63, 3.8) is 0 Å². The number of hydrogen-bond donors (Lipinski definition) is 0. The summed E-state index contributed by atoms with van der Waals surface area (Å²) in [6, 6.07) is 51.7. The average Bonchev–Trinajstić information content (AvgIpc) is 3.36. The van der Waals surface area contributed by atoms with Crippen LogP contribution in [0.15, 0.2) is 176 Å². The van der Waals surface area contributed by atoms with Crippen LogP contribution < -0.4 is 0 Å². The topological polar surface area (TPSA) is 25.8 Å². The molecule has 0 aliphatic heterocycles. The van der Waals surface area contributed by atoms with Crippen LogP contribution in [-0.2, 0) is 5.41 Å². The number of nitrogens with zero attached hydrogens (tertiary/aromatic N) is 2. The van der Waals surface area contributed by atoms with E-state index in [0.29, 0.717) is 5.82 Å². The van der Waals surface area contributed by atoms with Crippen molar-refractivity contribution in [3.8, 4) is 56.2 Å². The summed E-state index contributed by atoms with van der Waals surface area (Å²) < 4.78 is 0. The molecule has 0 atom stereocenters. The van der Waals surface area contributed by atoms with Gasteiger partial charge in [0.1, 0.15) is 0 Å². The first kappa shape index (κ1) is 31.2. The smallest absolute Gasteiger partial charge is 0.161 e. The molecule has 0 amide bonds. The third-order valence-electron chi connectivity index (χ3n) is 10.1. The van der Waals surface area contributed by atoms with Crippen LogP contribution in [0.2, 0.25) is 0 Å². The molecule has 1 aromatic heterocycles. The molecule has 1 aliphatic rings. The standard InChI is InChI=1S/C48H38N2/c1-5-6-21-43-32(2)42-30-37(26-29-44(42)48(43,3)4)38-27-28-41(40-20-14-13-19-39(38)40)47-49-45(35-17-11-8-12-18-35)31-46(50-47)36-24-22-34(23-25-36)33-15-9-7-10-16-33/h5-31H,1H2,2-4H3/b21-6-. The van der Waals surface area contributed by atoms with Crippen molar-refractivity contribution >= 4 is 16.3 Å². The van der Waals surface area contributed by atoms with Crippen LogP contribution in [-0.4, -0.2) is 9.97 Å². The van der Waals surface area contributed by atoms with Crippen molar-refractivity contribution in [3.05, 3.63) is 187 Å². The fraction of sp³-hybridized carbons (Fsp3) is 0.0833. The Morgan fingerprint density at radius 1 is 0.520 bits per heavy atom. The molecule has 0 unspecified atom stereocenters. The summed E-state index contributed by atoms with van der Waals surface area (Å²) in [5.74, 6) is 0.712. The van der Waals surface area contributed by atoms with E-state index in [1.54, 1.807) is 0 Å². The van der Waals surface area contributed by atoms with E-state index in [4.69, 9.17) is 9.97 Å². The monoisotopic (exact) mass is 642 g/mol. The zero-order valence-corrected chi connectivity index (χ0v) is 28.7. The summed E-state index contributed by atoms with van der Waals surface area (Å²) >= 11 is 0. The van der Waals surface area contributed by atoms with Crippen molar-refractivity contribution in [2.24, 2.45) is 0 Å². The van der Waals surface area contributed by atoms with Crippen LogP contribution in [0.4, 0.5) is 0 Å². The van der Waals surface area contributed by atoms with E-state index in [1.807, 2.05) is 24.3 Å². The molecule has 0 radical (unpaired) electrons. The minimum Gasteiger partial charge on any atom is -0.228 e. The highest BCUT2D eigenvalue weighted by atomic mass is 14.9. The zero-order chi connectivity index (χ0) is 34.2. The summed E-state index contributed by atoms with van der Waals surface area (Å²) in [5.41, 5.74) is 15.0. The van der Waals surface area contributed by atoms with Gasteiger partial charge >= 0.3 is 0 Å². The predicted molar refractivity (Wildman–Crippen MR) is 212 cm³/mol. The quantitative estimate of drug-likeness (QED) is 0.162. The van der Waals surface area contributed by atoms with Gasteiger partial charge in [-0.05, 0) is 80.4 Å². The van der Waals surface area contributed by atoms with Gasteiger partial charge in [0.2, 0.25) is 0 Å². The SMILES string of the molecule is C=C/C=C\C1=C(C)c2cc(-c3ccc(-c4nc(-c5ccccc5)cc(-c5ccc(-c6ccccc6)cc5)n4)c4ccccc34)ccc2C1(C)C. The second-order valence-electron chi connectivity index (χ2n) is 13.5. The minimum atomic E-state index is -0.0654. The van der Waals surface area contributed by atoms with E-state index < -0.39 is 0 Å². The first-order chi connectivity index (χ1) is 24.4. The molecule has 2 heteroatoms. The number of allylic oxidation sites excluding steroid dienone is 5. The molecule has 0 N–H and O–H groups in total. The van der Waals surface area contributed by atoms with Crippen LogP contribution in [0, 0.1) is 0 Å². The summed E-state index contributed by atoms with van der Waals surface area (Å²) in [7, 11) is 0. The van der Waals surface area contributed by atoms with Crippen molar-refractivity contribution in [2.75, 3.05) is 0 Å². The van der Waals surface area contributed by atoms with E-state index in [2.05, 4.69) is 167 Å². The van der Waals surface area contributed by atoms with Gasteiger partial charge in [-0.15, -0.1) is 0 Å². The van der Waals surface area contributed by atoms with Gasteiger partial charge in [-0.2, -0.15) is 0 Å². The van der Waals surface area contributed by atoms with Crippen LogP contribution in [0.1, 0.15) is 31.9 Å². The lowest BCUT2D eigenvalue weighted by Crippen LogP contribution is -2.16. The van der Waals surface area contributed by atoms with Crippen LogP contribution in [0.25, 0.3) is 72.5 Å².